The lowest BCUT2D eigenvalue weighted by atomic mass is 10.1. The van der Waals surface area contributed by atoms with Crippen LogP contribution in [0.2, 0.25) is 5.15 Å². The lowest BCUT2D eigenvalue weighted by molar-refractivity contribution is 0.0898. The van der Waals surface area contributed by atoms with E-state index in [0.29, 0.717) is 17.3 Å². The van der Waals surface area contributed by atoms with Crippen molar-refractivity contribution in [3.63, 3.8) is 0 Å². The molecule has 2 unspecified atom stereocenters. The average molecular weight is 268 g/mol. The van der Waals surface area contributed by atoms with Crippen LogP contribution in [0.4, 0.5) is 5.82 Å². The number of rotatable bonds is 3. The zero-order valence-corrected chi connectivity index (χ0v) is 11.5. The van der Waals surface area contributed by atoms with Gasteiger partial charge in [-0.3, -0.25) is 0 Å². The third-order valence-corrected chi connectivity index (χ3v) is 4.37. The van der Waals surface area contributed by atoms with Crippen LogP contribution in [0.1, 0.15) is 30.4 Å². The number of nitrogens with one attached hydrogen (secondary N) is 1. The van der Waals surface area contributed by atoms with E-state index < -0.39 is 0 Å². The molecular weight excluding hydrogens is 250 g/mol. The third-order valence-electron chi connectivity index (χ3n) is 4.01. The highest BCUT2D eigenvalue weighted by atomic mass is 35.5. The zero-order valence-electron chi connectivity index (χ0n) is 10.7. The molecule has 1 aromatic heterocycles. The van der Waals surface area contributed by atoms with E-state index in [1.807, 2.05) is 13.8 Å². The molecule has 1 N–H and O–H groups in total. The number of halogens is 1. The molecule has 2 heterocycles. The number of anilines is 1. The summed E-state index contributed by atoms with van der Waals surface area (Å²) in [5.41, 5.74) is 2.08. The number of aromatic nitrogens is 2. The van der Waals surface area contributed by atoms with Gasteiger partial charge in [0, 0.05) is 6.61 Å². The number of hydrogen-bond donors (Lipinski definition) is 1. The van der Waals surface area contributed by atoms with Crippen LogP contribution in [0.5, 0.6) is 0 Å². The van der Waals surface area contributed by atoms with Gasteiger partial charge in [-0.15, -0.1) is 10.2 Å². The molecule has 2 aliphatic rings. The molecule has 1 saturated carbocycles. The second-order valence-electron chi connectivity index (χ2n) is 5.30. The van der Waals surface area contributed by atoms with Crippen molar-refractivity contribution >= 4 is 17.4 Å². The monoisotopic (exact) mass is 267 g/mol. The Bertz CT molecular complexity index is 462. The van der Waals surface area contributed by atoms with Crippen molar-refractivity contribution < 1.29 is 4.74 Å². The molecule has 0 bridgehead atoms. The van der Waals surface area contributed by atoms with E-state index in [-0.39, 0.29) is 0 Å². The van der Waals surface area contributed by atoms with Gasteiger partial charge in [0.15, 0.2) is 11.0 Å². The average Bonchev–Trinajstić information content (AvgIpc) is 3.11. The van der Waals surface area contributed by atoms with Gasteiger partial charge >= 0.3 is 0 Å². The summed E-state index contributed by atoms with van der Waals surface area (Å²) in [4.78, 5) is 0. The molecule has 98 valence electrons. The predicted molar refractivity (Wildman–Crippen MR) is 71.0 cm³/mol. The first-order chi connectivity index (χ1) is 8.66. The second-order valence-corrected chi connectivity index (χ2v) is 5.66. The Morgan fingerprint density at radius 3 is 2.67 bits per heavy atom. The molecule has 0 amide bonds. The Labute approximate surface area is 112 Å². The molecule has 1 saturated heterocycles. The molecule has 0 radical (unpaired) electrons. The van der Waals surface area contributed by atoms with Crippen LogP contribution in [0.3, 0.4) is 0 Å². The van der Waals surface area contributed by atoms with Crippen molar-refractivity contribution in [2.75, 3.05) is 11.9 Å². The molecule has 5 heteroatoms. The molecule has 3 rings (SSSR count). The molecule has 1 aromatic rings. The van der Waals surface area contributed by atoms with Crippen LogP contribution >= 0.6 is 11.6 Å². The van der Waals surface area contributed by atoms with Gasteiger partial charge in [-0.2, -0.15) is 0 Å². The summed E-state index contributed by atoms with van der Waals surface area (Å²) in [7, 11) is 0. The van der Waals surface area contributed by atoms with Crippen LogP contribution in [-0.4, -0.2) is 29.0 Å². The Balaban J connectivity index is 1.77. The lowest BCUT2D eigenvalue weighted by Gasteiger charge is -2.21. The van der Waals surface area contributed by atoms with Crippen LogP contribution in [0.25, 0.3) is 0 Å². The summed E-state index contributed by atoms with van der Waals surface area (Å²) in [5, 5.41) is 12.1. The maximum Gasteiger partial charge on any atom is 0.155 e. The Morgan fingerprint density at radius 1 is 1.17 bits per heavy atom. The van der Waals surface area contributed by atoms with Gasteiger partial charge in [-0.25, -0.2) is 0 Å². The minimum absolute atomic E-state index is 0.349. The highest BCUT2D eigenvalue weighted by Crippen LogP contribution is 2.39. The zero-order chi connectivity index (χ0) is 12.7. The van der Waals surface area contributed by atoms with Gasteiger partial charge in [-0.05, 0) is 50.2 Å². The van der Waals surface area contributed by atoms with E-state index in [9.17, 15) is 0 Å². The summed E-state index contributed by atoms with van der Waals surface area (Å²) >= 11 is 5.97. The van der Waals surface area contributed by atoms with Crippen LogP contribution in [0.15, 0.2) is 0 Å². The van der Waals surface area contributed by atoms with Gasteiger partial charge in [0.05, 0.1) is 12.1 Å². The fourth-order valence-corrected chi connectivity index (χ4v) is 2.72. The Morgan fingerprint density at radius 2 is 1.94 bits per heavy atom. The van der Waals surface area contributed by atoms with E-state index in [4.69, 9.17) is 16.3 Å². The van der Waals surface area contributed by atoms with Crippen LogP contribution in [0, 0.1) is 19.8 Å². The molecule has 18 heavy (non-hydrogen) atoms. The van der Waals surface area contributed by atoms with Gasteiger partial charge in [0.1, 0.15) is 0 Å². The summed E-state index contributed by atoms with van der Waals surface area (Å²) in [6, 6.07) is 0.367. The van der Waals surface area contributed by atoms with Gasteiger partial charge in [0.25, 0.3) is 0 Å². The molecular formula is C13H18ClN3O. The maximum atomic E-state index is 5.97. The molecule has 2 fully saturated rings. The van der Waals surface area contributed by atoms with Crippen LogP contribution < -0.4 is 5.32 Å². The summed E-state index contributed by atoms with van der Waals surface area (Å²) < 4.78 is 5.82. The summed E-state index contributed by atoms with van der Waals surface area (Å²) in [5.74, 6) is 1.59. The fraction of sp³-hybridized carbons (Fsp3) is 0.692. The third kappa shape index (κ3) is 2.19. The quantitative estimate of drug-likeness (QED) is 0.915. The number of ether oxygens (including phenoxy) is 1. The smallest absolute Gasteiger partial charge is 0.155 e. The highest BCUT2D eigenvalue weighted by molar-refractivity contribution is 6.30. The minimum atomic E-state index is 0.349. The lowest BCUT2D eigenvalue weighted by Crippen LogP contribution is -2.31. The predicted octanol–water partition coefficient (Wildman–Crippen LogP) is 2.73. The van der Waals surface area contributed by atoms with Crippen molar-refractivity contribution in [1.29, 1.82) is 0 Å². The summed E-state index contributed by atoms with van der Waals surface area (Å²) in [6.45, 7) is 4.85. The normalized spacial score (nSPS) is 27.5. The molecule has 0 spiro atoms. The van der Waals surface area contributed by atoms with Crippen molar-refractivity contribution in [2.24, 2.45) is 5.92 Å². The van der Waals surface area contributed by atoms with E-state index >= 15 is 0 Å². The second kappa shape index (κ2) is 4.67. The first-order valence-electron chi connectivity index (χ1n) is 6.54. The van der Waals surface area contributed by atoms with E-state index in [0.717, 1.165) is 35.9 Å². The molecule has 1 aliphatic carbocycles. The van der Waals surface area contributed by atoms with Gasteiger partial charge < -0.3 is 10.1 Å². The van der Waals surface area contributed by atoms with E-state index in [2.05, 4.69) is 15.5 Å². The largest absolute Gasteiger partial charge is 0.376 e. The van der Waals surface area contributed by atoms with Crippen molar-refractivity contribution in [2.45, 2.75) is 45.3 Å². The maximum absolute atomic E-state index is 5.97. The first-order valence-corrected chi connectivity index (χ1v) is 6.92. The first kappa shape index (κ1) is 12.2. The standard InChI is InChI=1S/C13H18ClN3O/c1-7-8(2)13(17-16-12(7)14)15-10-5-6-18-11(10)9-3-4-9/h9-11H,3-6H2,1-2H3,(H,15,17). The molecule has 1 aliphatic heterocycles. The van der Waals surface area contributed by atoms with E-state index in [1.165, 1.54) is 12.8 Å². The van der Waals surface area contributed by atoms with Crippen molar-refractivity contribution in [3.8, 4) is 0 Å². The van der Waals surface area contributed by atoms with Crippen LogP contribution in [-0.2, 0) is 4.74 Å². The SMILES string of the molecule is Cc1c(Cl)nnc(NC2CCOC2C2CC2)c1C. The van der Waals surface area contributed by atoms with Gasteiger partial charge in [-0.1, -0.05) is 11.6 Å². The highest BCUT2D eigenvalue weighted by Gasteiger charge is 2.40. The molecule has 0 aromatic carbocycles. The fourth-order valence-electron chi connectivity index (χ4n) is 2.54. The number of hydrogen-bond acceptors (Lipinski definition) is 4. The molecule has 2 atom stereocenters. The summed E-state index contributed by atoms with van der Waals surface area (Å²) in [6.07, 6.45) is 3.99. The van der Waals surface area contributed by atoms with Crippen molar-refractivity contribution in [1.82, 2.24) is 10.2 Å². The van der Waals surface area contributed by atoms with E-state index in [1.54, 1.807) is 0 Å². The minimum Gasteiger partial charge on any atom is -0.376 e. The Kier molecular flexibility index (Phi) is 3.16. The topological polar surface area (TPSA) is 47.0 Å². The Hall–Kier alpha value is -0.870. The number of nitrogens with zero attached hydrogens (tertiary/aromatic N) is 2. The van der Waals surface area contributed by atoms with Gasteiger partial charge in [0.2, 0.25) is 0 Å². The molecule has 4 nitrogen and oxygen atoms in total. The van der Waals surface area contributed by atoms with Crippen molar-refractivity contribution in [3.05, 3.63) is 16.3 Å².